The molecule has 2 aliphatic heterocycles. The number of hydrogen-bond donors (Lipinski definition) is 0. The van der Waals surface area contributed by atoms with Crippen LogP contribution >= 0.6 is 47.0 Å². The molecule has 0 saturated carbocycles. The minimum Gasteiger partial charge on any atom is -0.494 e. The summed E-state index contributed by atoms with van der Waals surface area (Å²) < 4.78 is 8.41. The van der Waals surface area contributed by atoms with Crippen LogP contribution in [-0.2, 0) is 0 Å². The van der Waals surface area contributed by atoms with Gasteiger partial charge in [0.05, 0.1) is 15.1 Å². The largest absolute Gasteiger partial charge is 0.494 e. The van der Waals surface area contributed by atoms with Crippen LogP contribution in [0.4, 0.5) is 0 Å². The summed E-state index contributed by atoms with van der Waals surface area (Å²) in [7, 11) is 0. The van der Waals surface area contributed by atoms with Crippen molar-refractivity contribution >= 4 is 52.0 Å². The van der Waals surface area contributed by atoms with Gasteiger partial charge in [-0.1, -0.05) is 66.1 Å². The molecule has 0 saturated heterocycles. The van der Waals surface area contributed by atoms with E-state index in [2.05, 4.69) is 47.4 Å². The molecular weight excluding hydrogens is 324 g/mol. The van der Waals surface area contributed by atoms with Gasteiger partial charge in [-0.2, -0.15) is 0 Å². The third-order valence-electron chi connectivity index (χ3n) is 2.66. The summed E-state index contributed by atoms with van der Waals surface area (Å²) in [6.45, 7) is 2.90. The van der Waals surface area contributed by atoms with Crippen LogP contribution in [0.5, 0.6) is 5.75 Å². The molecule has 0 fully saturated rings. The Morgan fingerprint density at radius 3 is 2.40 bits per heavy atom. The molecule has 1 nitrogen and oxygen atoms in total. The fraction of sp³-hybridized carbons (Fsp3) is 0.200. The maximum Gasteiger partial charge on any atom is 0.119 e. The molecule has 2 aliphatic rings. The van der Waals surface area contributed by atoms with E-state index in [1.165, 1.54) is 18.9 Å². The molecule has 0 bridgehead atoms. The molecule has 104 valence electrons. The quantitative estimate of drug-likeness (QED) is 0.632. The fourth-order valence-electron chi connectivity index (χ4n) is 1.71. The van der Waals surface area contributed by atoms with E-state index >= 15 is 0 Å². The molecule has 1 aromatic carbocycles. The highest BCUT2D eigenvalue weighted by molar-refractivity contribution is 8.35. The van der Waals surface area contributed by atoms with Gasteiger partial charge in [0.15, 0.2) is 0 Å². The van der Waals surface area contributed by atoms with E-state index < -0.39 is 0 Å². The predicted octanol–water partition coefficient (Wildman–Crippen LogP) is 6.33. The second-order valence-electron chi connectivity index (χ2n) is 4.16. The van der Waals surface area contributed by atoms with Gasteiger partial charge in [0.2, 0.25) is 0 Å². The summed E-state index contributed by atoms with van der Waals surface area (Å²) >= 11 is 7.33. The van der Waals surface area contributed by atoms with Gasteiger partial charge >= 0.3 is 0 Å². The number of hydrogen-bond acceptors (Lipinski definition) is 5. The highest BCUT2D eigenvalue weighted by Crippen LogP contribution is 2.55. The zero-order valence-electron chi connectivity index (χ0n) is 11.0. The lowest BCUT2D eigenvalue weighted by Gasteiger charge is -2.06. The molecule has 0 N–H and O–H groups in total. The molecule has 0 unspecified atom stereocenters. The summed E-state index contributed by atoms with van der Waals surface area (Å²) in [5.74, 6) is 0.955. The minimum atomic E-state index is 0.782. The minimum absolute atomic E-state index is 0.782. The van der Waals surface area contributed by atoms with Gasteiger partial charge < -0.3 is 4.74 Å². The molecule has 0 spiro atoms. The van der Waals surface area contributed by atoms with Crippen LogP contribution in [0.15, 0.2) is 49.0 Å². The topological polar surface area (TPSA) is 9.23 Å². The van der Waals surface area contributed by atoms with E-state index in [0.717, 1.165) is 18.8 Å². The highest BCUT2D eigenvalue weighted by atomic mass is 32.2. The van der Waals surface area contributed by atoms with Crippen LogP contribution in [0.25, 0.3) is 4.91 Å². The van der Waals surface area contributed by atoms with Crippen LogP contribution in [-0.4, -0.2) is 6.61 Å². The first kappa shape index (κ1) is 14.6. The molecule has 2 heterocycles. The van der Waals surface area contributed by atoms with E-state index in [-0.39, 0.29) is 0 Å². The van der Waals surface area contributed by atoms with Gasteiger partial charge in [0, 0.05) is 4.91 Å². The lowest BCUT2D eigenvalue weighted by Crippen LogP contribution is -1.94. The smallest absolute Gasteiger partial charge is 0.119 e. The number of ether oxygens (including phenoxy) is 1. The Balaban J connectivity index is 1.67. The second kappa shape index (κ2) is 7.07. The van der Waals surface area contributed by atoms with Gasteiger partial charge in [-0.15, -0.1) is 0 Å². The number of thioether (sulfide) groups is 4. The van der Waals surface area contributed by atoms with Crippen molar-refractivity contribution in [1.82, 2.24) is 0 Å². The Morgan fingerprint density at radius 2 is 1.70 bits per heavy atom. The zero-order chi connectivity index (χ0) is 13.8. The summed E-state index contributed by atoms with van der Waals surface area (Å²) in [5, 5.41) is 6.53. The maximum atomic E-state index is 5.62. The zero-order valence-corrected chi connectivity index (χ0v) is 14.3. The predicted molar refractivity (Wildman–Crippen MR) is 96.7 cm³/mol. The SMILES string of the molecule is CCCOc1ccc(C2=CSC(=C3SC=CS3)S2)cc1. The average Bonchev–Trinajstić information content (AvgIpc) is 3.16. The van der Waals surface area contributed by atoms with Gasteiger partial charge in [-0.05, 0) is 40.3 Å². The molecule has 0 radical (unpaired) electrons. The molecule has 1 aromatic rings. The lowest BCUT2D eigenvalue weighted by atomic mass is 10.2. The Bertz CT molecular complexity index is 562. The fourth-order valence-corrected chi connectivity index (χ4v) is 6.19. The Kier molecular flexibility index (Phi) is 5.15. The molecule has 3 rings (SSSR count). The van der Waals surface area contributed by atoms with Crippen LogP contribution in [0.1, 0.15) is 18.9 Å². The number of rotatable bonds is 4. The normalized spacial score (nSPS) is 17.8. The Hall–Kier alpha value is -0.360. The Morgan fingerprint density at radius 1 is 0.950 bits per heavy atom. The van der Waals surface area contributed by atoms with E-state index in [0.29, 0.717) is 0 Å². The van der Waals surface area contributed by atoms with Crippen molar-refractivity contribution in [3.05, 3.63) is 54.5 Å². The second-order valence-corrected chi connectivity index (χ2v) is 8.44. The molecule has 5 heteroatoms. The van der Waals surface area contributed by atoms with Crippen molar-refractivity contribution in [2.24, 2.45) is 0 Å². The third kappa shape index (κ3) is 3.45. The summed E-state index contributed by atoms with van der Waals surface area (Å²) in [6, 6.07) is 8.40. The molecule has 0 atom stereocenters. The van der Waals surface area contributed by atoms with Crippen LogP contribution in [0.3, 0.4) is 0 Å². The van der Waals surface area contributed by atoms with Gasteiger partial charge in [-0.25, -0.2) is 0 Å². The van der Waals surface area contributed by atoms with Gasteiger partial charge in [0.25, 0.3) is 0 Å². The van der Waals surface area contributed by atoms with Gasteiger partial charge in [0.1, 0.15) is 5.75 Å². The molecule has 0 aromatic heterocycles. The molecule has 0 amide bonds. The van der Waals surface area contributed by atoms with Crippen molar-refractivity contribution in [2.75, 3.05) is 6.61 Å². The molecule has 0 aliphatic carbocycles. The standard InChI is InChI=1S/C15H14OS4/c1-2-7-16-12-5-3-11(4-6-12)13-10-19-15(20-13)14-17-8-9-18-14/h3-6,8-10H,2,7H2,1H3. The first-order valence-electron chi connectivity index (χ1n) is 6.37. The monoisotopic (exact) mass is 338 g/mol. The average molecular weight is 339 g/mol. The first-order valence-corrected chi connectivity index (χ1v) is 9.83. The lowest BCUT2D eigenvalue weighted by molar-refractivity contribution is 0.317. The number of benzene rings is 1. The third-order valence-corrected chi connectivity index (χ3v) is 7.73. The molecular formula is C15H14OS4. The van der Waals surface area contributed by atoms with E-state index in [9.17, 15) is 0 Å². The highest BCUT2D eigenvalue weighted by Gasteiger charge is 2.19. The Labute approximate surface area is 136 Å². The van der Waals surface area contributed by atoms with Crippen molar-refractivity contribution < 1.29 is 4.74 Å². The van der Waals surface area contributed by atoms with Crippen molar-refractivity contribution in [1.29, 1.82) is 0 Å². The van der Waals surface area contributed by atoms with Crippen molar-refractivity contribution in [3.8, 4) is 5.75 Å². The summed E-state index contributed by atoms with van der Waals surface area (Å²) in [6.07, 6.45) is 1.04. The van der Waals surface area contributed by atoms with Gasteiger partial charge in [-0.3, -0.25) is 0 Å². The summed E-state index contributed by atoms with van der Waals surface area (Å²) in [5.41, 5.74) is 1.27. The maximum absolute atomic E-state index is 5.62. The molecule has 20 heavy (non-hydrogen) atoms. The van der Waals surface area contributed by atoms with Crippen LogP contribution < -0.4 is 4.74 Å². The van der Waals surface area contributed by atoms with E-state index in [1.54, 1.807) is 0 Å². The van der Waals surface area contributed by atoms with E-state index in [4.69, 9.17) is 4.74 Å². The van der Waals surface area contributed by atoms with Crippen LogP contribution in [0, 0.1) is 0 Å². The summed E-state index contributed by atoms with van der Waals surface area (Å²) in [4.78, 5) is 1.33. The van der Waals surface area contributed by atoms with E-state index in [1.807, 2.05) is 47.0 Å². The van der Waals surface area contributed by atoms with Crippen LogP contribution in [0.2, 0.25) is 0 Å². The van der Waals surface area contributed by atoms with Crippen molar-refractivity contribution in [2.45, 2.75) is 13.3 Å². The first-order chi connectivity index (χ1) is 9.86. The van der Waals surface area contributed by atoms with Crippen molar-refractivity contribution in [3.63, 3.8) is 0 Å².